The van der Waals surface area contributed by atoms with E-state index in [4.69, 9.17) is 16.0 Å². The molecule has 0 radical (unpaired) electrons. The van der Waals surface area contributed by atoms with Crippen LogP contribution in [0.1, 0.15) is 25.2 Å². The molecular formula is C16H20ClNOS. The molecule has 4 heteroatoms. The second-order valence-electron chi connectivity index (χ2n) is 5.14. The first kappa shape index (κ1) is 15.5. The van der Waals surface area contributed by atoms with Crippen molar-refractivity contribution in [3.8, 4) is 0 Å². The zero-order valence-corrected chi connectivity index (χ0v) is 13.4. The minimum Gasteiger partial charge on any atom is -0.468 e. The van der Waals surface area contributed by atoms with Crippen LogP contribution < -0.4 is 5.32 Å². The number of hydrogen-bond donors (Lipinski definition) is 1. The number of thioether (sulfide) groups is 1. The quantitative estimate of drug-likeness (QED) is 0.731. The Labute approximate surface area is 129 Å². The lowest BCUT2D eigenvalue weighted by molar-refractivity contribution is 0.530. The van der Waals surface area contributed by atoms with E-state index in [0.29, 0.717) is 5.92 Å². The fraction of sp³-hybridized carbons (Fsp3) is 0.375. The summed E-state index contributed by atoms with van der Waals surface area (Å²) in [5, 5.41) is 4.25. The fourth-order valence-corrected chi connectivity index (χ4v) is 3.00. The van der Waals surface area contributed by atoms with E-state index in [1.54, 1.807) is 18.0 Å². The van der Waals surface area contributed by atoms with Gasteiger partial charge >= 0.3 is 0 Å². The van der Waals surface area contributed by atoms with Crippen molar-refractivity contribution in [1.29, 1.82) is 0 Å². The van der Waals surface area contributed by atoms with Crippen LogP contribution in [0.5, 0.6) is 0 Å². The molecule has 0 aliphatic rings. The molecule has 20 heavy (non-hydrogen) atoms. The van der Waals surface area contributed by atoms with E-state index in [2.05, 4.69) is 25.2 Å². The first-order chi connectivity index (χ1) is 9.65. The van der Waals surface area contributed by atoms with Crippen LogP contribution in [0.4, 0.5) is 0 Å². The van der Waals surface area contributed by atoms with Gasteiger partial charge in [-0.2, -0.15) is 0 Å². The van der Waals surface area contributed by atoms with Crippen LogP contribution in [0.2, 0.25) is 5.02 Å². The van der Waals surface area contributed by atoms with Gasteiger partial charge in [0.05, 0.1) is 12.0 Å². The van der Waals surface area contributed by atoms with Gasteiger partial charge in [0.2, 0.25) is 0 Å². The van der Waals surface area contributed by atoms with Gasteiger partial charge in [-0.1, -0.05) is 25.4 Å². The van der Waals surface area contributed by atoms with Gasteiger partial charge in [-0.05, 0) is 48.4 Å². The lowest BCUT2D eigenvalue weighted by Crippen LogP contribution is -2.19. The van der Waals surface area contributed by atoms with E-state index in [1.165, 1.54) is 10.5 Å². The number of benzene rings is 1. The van der Waals surface area contributed by atoms with Gasteiger partial charge in [0.15, 0.2) is 0 Å². The van der Waals surface area contributed by atoms with Crippen LogP contribution in [-0.4, -0.2) is 6.54 Å². The van der Waals surface area contributed by atoms with Crippen LogP contribution in [0, 0.1) is 5.92 Å². The number of rotatable bonds is 7. The molecule has 0 amide bonds. The second kappa shape index (κ2) is 7.77. The topological polar surface area (TPSA) is 25.2 Å². The third-order valence-corrected chi connectivity index (χ3v) is 4.21. The molecule has 2 nitrogen and oxygen atoms in total. The van der Waals surface area contributed by atoms with Gasteiger partial charge in [-0.25, -0.2) is 0 Å². The van der Waals surface area contributed by atoms with E-state index in [0.717, 1.165) is 29.6 Å². The summed E-state index contributed by atoms with van der Waals surface area (Å²) >= 11 is 7.88. The maximum Gasteiger partial charge on any atom is 0.113 e. The summed E-state index contributed by atoms with van der Waals surface area (Å²) in [6.45, 7) is 6.27. The molecule has 108 valence electrons. The molecule has 0 unspecified atom stereocenters. The van der Waals surface area contributed by atoms with E-state index >= 15 is 0 Å². The minimum absolute atomic E-state index is 0.647. The van der Waals surface area contributed by atoms with Gasteiger partial charge in [0.25, 0.3) is 0 Å². The standard InChI is InChI=1S/C16H20ClNOS/c1-12(2)9-18-10-13-8-14(17)5-6-16(13)20-11-15-4-3-7-19-15/h3-8,12,18H,9-11H2,1-2H3. The van der Waals surface area contributed by atoms with Crippen molar-refractivity contribution < 1.29 is 4.42 Å². The summed E-state index contributed by atoms with van der Waals surface area (Å²) in [5.74, 6) is 2.48. The predicted molar refractivity (Wildman–Crippen MR) is 86.3 cm³/mol. The van der Waals surface area contributed by atoms with Gasteiger partial charge in [0.1, 0.15) is 5.76 Å². The molecule has 2 rings (SSSR count). The van der Waals surface area contributed by atoms with E-state index in [9.17, 15) is 0 Å². The Morgan fingerprint density at radius 1 is 1.30 bits per heavy atom. The van der Waals surface area contributed by atoms with Crippen molar-refractivity contribution in [2.45, 2.75) is 31.0 Å². The highest BCUT2D eigenvalue weighted by atomic mass is 35.5. The highest BCUT2D eigenvalue weighted by Crippen LogP contribution is 2.28. The molecule has 0 saturated heterocycles. The number of halogens is 1. The monoisotopic (exact) mass is 309 g/mol. The second-order valence-corrected chi connectivity index (χ2v) is 6.60. The average Bonchev–Trinajstić information content (AvgIpc) is 2.90. The van der Waals surface area contributed by atoms with E-state index in [1.807, 2.05) is 24.3 Å². The van der Waals surface area contributed by atoms with Crippen LogP contribution in [0.15, 0.2) is 45.9 Å². The number of furan rings is 1. The van der Waals surface area contributed by atoms with Gasteiger partial charge in [0, 0.05) is 16.5 Å². The van der Waals surface area contributed by atoms with Crippen LogP contribution in [0.25, 0.3) is 0 Å². The molecule has 1 aromatic carbocycles. The molecule has 0 aliphatic heterocycles. The van der Waals surface area contributed by atoms with Crippen molar-refractivity contribution in [3.05, 3.63) is 52.9 Å². The van der Waals surface area contributed by atoms with Crippen LogP contribution in [0.3, 0.4) is 0 Å². The Kier molecular flexibility index (Phi) is 6.02. The third-order valence-electron chi connectivity index (χ3n) is 2.84. The highest BCUT2D eigenvalue weighted by Gasteiger charge is 2.06. The maximum absolute atomic E-state index is 6.10. The Balaban J connectivity index is 1.99. The third kappa shape index (κ3) is 4.89. The normalized spacial score (nSPS) is 11.2. The minimum atomic E-state index is 0.647. The molecule has 0 spiro atoms. The molecule has 1 heterocycles. The van der Waals surface area contributed by atoms with E-state index < -0.39 is 0 Å². The van der Waals surface area contributed by atoms with Gasteiger partial charge in [-0.15, -0.1) is 11.8 Å². The van der Waals surface area contributed by atoms with Crippen molar-refractivity contribution in [2.75, 3.05) is 6.54 Å². The van der Waals surface area contributed by atoms with Crippen LogP contribution >= 0.6 is 23.4 Å². The molecule has 1 aromatic heterocycles. The Morgan fingerprint density at radius 3 is 2.85 bits per heavy atom. The van der Waals surface area contributed by atoms with Crippen molar-refractivity contribution in [2.24, 2.45) is 5.92 Å². The predicted octanol–water partition coefficient (Wildman–Crippen LogP) is 4.97. The van der Waals surface area contributed by atoms with Crippen LogP contribution in [-0.2, 0) is 12.3 Å². The summed E-state index contributed by atoms with van der Waals surface area (Å²) in [4.78, 5) is 1.25. The van der Waals surface area contributed by atoms with Crippen molar-refractivity contribution in [1.82, 2.24) is 5.32 Å². The van der Waals surface area contributed by atoms with E-state index in [-0.39, 0.29) is 0 Å². The van der Waals surface area contributed by atoms with Crippen molar-refractivity contribution in [3.63, 3.8) is 0 Å². The largest absolute Gasteiger partial charge is 0.468 e. The molecule has 0 atom stereocenters. The molecule has 1 N–H and O–H groups in total. The SMILES string of the molecule is CC(C)CNCc1cc(Cl)ccc1SCc1ccco1. The average molecular weight is 310 g/mol. The molecule has 0 bridgehead atoms. The van der Waals surface area contributed by atoms with Gasteiger partial charge < -0.3 is 9.73 Å². The van der Waals surface area contributed by atoms with Gasteiger partial charge in [-0.3, -0.25) is 0 Å². The summed E-state index contributed by atoms with van der Waals surface area (Å²) < 4.78 is 5.37. The summed E-state index contributed by atoms with van der Waals surface area (Å²) in [7, 11) is 0. The summed E-state index contributed by atoms with van der Waals surface area (Å²) in [5.41, 5.74) is 1.25. The fourth-order valence-electron chi connectivity index (χ4n) is 1.87. The first-order valence-electron chi connectivity index (χ1n) is 6.79. The highest BCUT2D eigenvalue weighted by molar-refractivity contribution is 7.98. The number of hydrogen-bond acceptors (Lipinski definition) is 3. The Bertz CT molecular complexity index is 525. The zero-order valence-electron chi connectivity index (χ0n) is 11.9. The lowest BCUT2D eigenvalue weighted by Gasteiger charge is -2.12. The molecule has 0 aliphatic carbocycles. The zero-order chi connectivity index (χ0) is 14.4. The lowest BCUT2D eigenvalue weighted by atomic mass is 10.2. The summed E-state index contributed by atoms with van der Waals surface area (Å²) in [6, 6.07) is 9.99. The molecular weight excluding hydrogens is 290 g/mol. The van der Waals surface area contributed by atoms with Crippen molar-refractivity contribution >= 4 is 23.4 Å². The maximum atomic E-state index is 6.10. The Morgan fingerprint density at radius 2 is 2.15 bits per heavy atom. The first-order valence-corrected chi connectivity index (χ1v) is 8.16. The molecule has 0 saturated carbocycles. The molecule has 2 aromatic rings. The smallest absolute Gasteiger partial charge is 0.113 e. The Hall–Kier alpha value is -0.900. The summed E-state index contributed by atoms with van der Waals surface area (Å²) in [6.07, 6.45) is 1.71. The molecule has 0 fully saturated rings. The number of nitrogens with one attached hydrogen (secondary N) is 1.